The Balaban J connectivity index is 5.52. The lowest BCUT2D eigenvalue weighted by Crippen LogP contribution is -2.54. The number of hydrogen-bond acceptors (Lipinski definition) is 7. The third-order valence-electron chi connectivity index (χ3n) is 8.90. The molecule has 0 aromatic carbocycles. The van der Waals surface area contributed by atoms with Gasteiger partial charge in [-0.25, -0.2) is 0 Å². The molecule has 0 rings (SSSR count). The fourth-order valence-electron chi connectivity index (χ4n) is 6.47. The molecular weight excluding hydrogens is 508 g/mol. The molecule has 7 N–H and O–H groups in total. The summed E-state index contributed by atoms with van der Waals surface area (Å²) in [6, 6.07) is 0. The molecule has 0 aromatic rings. The summed E-state index contributed by atoms with van der Waals surface area (Å²) in [7, 11) is 0. The Hall–Kier alpha value is -0.280. The van der Waals surface area contributed by atoms with Gasteiger partial charge in [0.1, 0.15) is 0 Å². The first-order valence-electron chi connectivity index (χ1n) is 16.8. The highest BCUT2D eigenvalue weighted by Crippen LogP contribution is 2.50. The van der Waals surface area contributed by atoms with Gasteiger partial charge in [-0.3, -0.25) is 0 Å². The smallest absolute Gasteiger partial charge is 0.0798 e. The van der Waals surface area contributed by atoms with E-state index in [0.29, 0.717) is 12.8 Å². The van der Waals surface area contributed by atoms with Crippen molar-refractivity contribution in [3.63, 3.8) is 0 Å². The second-order valence-corrected chi connectivity index (χ2v) is 12.6. The minimum Gasteiger partial charge on any atom is -0.394 e. The van der Waals surface area contributed by atoms with Crippen LogP contribution in [0.2, 0.25) is 0 Å². The van der Waals surface area contributed by atoms with Crippen molar-refractivity contribution >= 4 is 0 Å². The second-order valence-electron chi connectivity index (χ2n) is 12.6. The predicted molar refractivity (Wildman–Crippen MR) is 164 cm³/mol. The summed E-state index contributed by atoms with van der Waals surface area (Å²) in [6.45, 7) is 3.00. The Morgan fingerprint density at radius 3 is 1.07 bits per heavy atom. The molecule has 242 valence electrons. The Morgan fingerprint density at radius 1 is 0.425 bits per heavy atom. The largest absolute Gasteiger partial charge is 0.394 e. The van der Waals surface area contributed by atoms with Gasteiger partial charge in [0.2, 0.25) is 0 Å². The van der Waals surface area contributed by atoms with Crippen molar-refractivity contribution in [3.05, 3.63) is 0 Å². The van der Waals surface area contributed by atoms with Crippen LogP contribution in [0.3, 0.4) is 0 Å². The van der Waals surface area contributed by atoms with Gasteiger partial charge < -0.3 is 35.7 Å². The normalized spacial score (nSPS) is 17.3. The summed E-state index contributed by atoms with van der Waals surface area (Å²) in [6.07, 6.45) is 17.9. The Bertz CT molecular complexity index is 535. The van der Waals surface area contributed by atoms with Gasteiger partial charge >= 0.3 is 0 Å². The van der Waals surface area contributed by atoms with Crippen molar-refractivity contribution < 1.29 is 35.7 Å². The van der Waals surface area contributed by atoms with Crippen molar-refractivity contribution in [2.75, 3.05) is 19.8 Å². The first-order chi connectivity index (χ1) is 19.2. The van der Waals surface area contributed by atoms with E-state index in [9.17, 15) is 35.7 Å². The first kappa shape index (κ1) is 39.7. The molecule has 0 aliphatic rings. The van der Waals surface area contributed by atoms with E-state index in [1.54, 1.807) is 0 Å². The van der Waals surface area contributed by atoms with Crippen molar-refractivity contribution in [1.29, 1.82) is 0 Å². The molecule has 0 fully saturated rings. The Kier molecular flexibility index (Phi) is 25.1. The monoisotopic (exact) mass is 576 g/mol. The fraction of sp³-hybridized carbons (Fsp3) is 1.00. The van der Waals surface area contributed by atoms with Crippen LogP contribution >= 0.6 is 0 Å². The molecule has 4 unspecified atom stereocenters. The van der Waals surface area contributed by atoms with Crippen LogP contribution in [0.5, 0.6) is 0 Å². The number of aliphatic hydroxyl groups is 7. The molecular formula is C33H68O7. The molecule has 0 aliphatic heterocycles. The van der Waals surface area contributed by atoms with Crippen molar-refractivity contribution in [1.82, 2.24) is 0 Å². The van der Waals surface area contributed by atoms with Gasteiger partial charge in [-0.05, 0) is 25.7 Å². The molecule has 0 bridgehead atoms. The van der Waals surface area contributed by atoms with Crippen LogP contribution in [0.1, 0.15) is 162 Å². The summed E-state index contributed by atoms with van der Waals surface area (Å²) < 4.78 is 0. The predicted octanol–water partition coefficient (Wildman–Crippen LogP) is 5.78. The summed E-state index contributed by atoms with van der Waals surface area (Å²) in [4.78, 5) is 0. The maximum absolute atomic E-state index is 12.3. The van der Waals surface area contributed by atoms with Crippen LogP contribution in [-0.4, -0.2) is 79.5 Å². The molecule has 0 radical (unpaired) electrons. The summed E-state index contributed by atoms with van der Waals surface area (Å²) in [5.41, 5.74) is -2.49. The van der Waals surface area contributed by atoms with Crippen LogP contribution in [0.25, 0.3) is 0 Å². The maximum Gasteiger partial charge on any atom is 0.0798 e. The van der Waals surface area contributed by atoms with Gasteiger partial charge in [0.15, 0.2) is 0 Å². The standard InChI is InChI=1S/C33H68O7/c1-3-5-7-9-11-13-14-15-17-19-21-32(23-29(37)26-34,24-30(38)27-35)33(40,25-31(39)28-36)22-20-18-16-12-10-8-6-4-2/h29-31,34-40H,3-28H2,1-2H3. The summed E-state index contributed by atoms with van der Waals surface area (Å²) in [5.74, 6) is 0. The molecule has 0 aromatic heterocycles. The topological polar surface area (TPSA) is 142 Å². The number of unbranched alkanes of at least 4 members (excludes halogenated alkanes) is 16. The van der Waals surface area contributed by atoms with E-state index in [2.05, 4.69) is 13.8 Å². The van der Waals surface area contributed by atoms with Gasteiger partial charge in [-0.1, -0.05) is 129 Å². The van der Waals surface area contributed by atoms with Crippen LogP contribution in [0.15, 0.2) is 0 Å². The number of hydrogen-bond donors (Lipinski definition) is 7. The SMILES string of the molecule is CCCCCCCCCCCCC(CC(O)CO)(CC(O)CO)C(O)(CCCCCCCCCC)CC(O)CO. The maximum atomic E-state index is 12.3. The van der Waals surface area contributed by atoms with E-state index in [4.69, 9.17) is 0 Å². The minimum atomic E-state index is -1.47. The average molecular weight is 577 g/mol. The van der Waals surface area contributed by atoms with E-state index < -0.39 is 49.1 Å². The average Bonchev–Trinajstić information content (AvgIpc) is 2.94. The van der Waals surface area contributed by atoms with Gasteiger partial charge in [-0.15, -0.1) is 0 Å². The second kappa shape index (κ2) is 25.2. The van der Waals surface area contributed by atoms with Crippen LogP contribution in [-0.2, 0) is 0 Å². The quantitative estimate of drug-likeness (QED) is 0.0538. The lowest BCUT2D eigenvalue weighted by atomic mass is 9.59. The van der Waals surface area contributed by atoms with E-state index in [0.717, 1.165) is 51.4 Å². The van der Waals surface area contributed by atoms with Gasteiger partial charge in [0, 0.05) is 11.8 Å². The molecule has 7 heteroatoms. The van der Waals surface area contributed by atoms with Crippen LogP contribution in [0, 0.1) is 5.41 Å². The summed E-state index contributed by atoms with van der Waals surface area (Å²) >= 11 is 0. The van der Waals surface area contributed by atoms with Crippen molar-refractivity contribution in [2.45, 2.75) is 185 Å². The Morgan fingerprint density at radius 2 is 0.725 bits per heavy atom. The lowest BCUT2D eigenvalue weighted by Gasteiger charge is -2.50. The van der Waals surface area contributed by atoms with E-state index in [-0.39, 0.29) is 19.3 Å². The molecule has 0 aliphatic carbocycles. The first-order valence-corrected chi connectivity index (χ1v) is 16.8. The zero-order chi connectivity index (χ0) is 30.1. The third-order valence-corrected chi connectivity index (χ3v) is 8.90. The molecule has 0 spiro atoms. The molecule has 0 saturated carbocycles. The molecule has 0 amide bonds. The zero-order valence-electron chi connectivity index (χ0n) is 26.2. The Labute approximate surface area is 246 Å². The highest BCUT2D eigenvalue weighted by Gasteiger charge is 2.51. The van der Waals surface area contributed by atoms with Crippen LogP contribution < -0.4 is 0 Å². The number of aliphatic hydroxyl groups excluding tert-OH is 6. The number of rotatable bonds is 30. The van der Waals surface area contributed by atoms with E-state index >= 15 is 0 Å². The van der Waals surface area contributed by atoms with Crippen molar-refractivity contribution in [2.24, 2.45) is 5.41 Å². The van der Waals surface area contributed by atoms with E-state index in [1.165, 1.54) is 64.2 Å². The molecule has 40 heavy (non-hydrogen) atoms. The third kappa shape index (κ3) is 17.6. The lowest BCUT2D eigenvalue weighted by molar-refractivity contribution is -0.160. The van der Waals surface area contributed by atoms with E-state index in [1.807, 2.05) is 0 Å². The molecule has 0 heterocycles. The molecule has 7 nitrogen and oxygen atoms in total. The minimum absolute atomic E-state index is 0.0592. The highest BCUT2D eigenvalue weighted by atomic mass is 16.3. The van der Waals surface area contributed by atoms with Gasteiger partial charge in [0.05, 0.1) is 43.7 Å². The van der Waals surface area contributed by atoms with Crippen molar-refractivity contribution in [3.8, 4) is 0 Å². The van der Waals surface area contributed by atoms with Crippen LogP contribution in [0.4, 0.5) is 0 Å². The fourth-order valence-corrected chi connectivity index (χ4v) is 6.47. The molecule has 0 saturated heterocycles. The van der Waals surface area contributed by atoms with Gasteiger partial charge in [-0.2, -0.15) is 0 Å². The molecule has 4 atom stereocenters. The highest BCUT2D eigenvalue weighted by molar-refractivity contribution is 5.02. The summed E-state index contributed by atoms with van der Waals surface area (Å²) in [5, 5.41) is 73.0. The van der Waals surface area contributed by atoms with Gasteiger partial charge in [0.25, 0.3) is 0 Å². The zero-order valence-corrected chi connectivity index (χ0v) is 26.2.